The van der Waals surface area contributed by atoms with E-state index in [0.29, 0.717) is 32.4 Å². The summed E-state index contributed by atoms with van der Waals surface area (Å²) >= 11 is 0. The molecule has 0 bridgehead atoms. The largest absolute Gasteiger partial charge is 0.469 e. The quantitative estimate of drug-likeness (QED) is 0.627. The Morgan fingerprint density at radius 2 is 2.10 bits per heavy atom. The summed E-state index contributed by atoms with van der Waals surface area (Å²) in [6.07, 6.45) is 3.67. The standard InChI is InChI=1S/C15H18N2O4/c18-13-4-5-14(19)17(13)7-2-6-16-15(20)11-9-10(11)12-3-1-8-21-12/h1,3,8,10-11H,2,4-7,9H2,(H,16,20). The normalized spacial score (nSPS) is 24.5. The van der Waals surface area contributed by atoms with Crippen LogP contribution in [0, 0.1) is 5.92 Å². The molecule has 0 radical (unpaired) electrons. The summed E-state index contributed by atoms with van der Waals surface area (Å²) < 4.78 is 5.29. The van der Waals surface area contributed by atoms with Gasteiger partial charge in [-0.1, -0.05) is 0 Å². The van der Waals surface area contributed by atoms with Gasteiger partial charge in [0.25, 0.3) is 0 Å². The Bertz CT molecular complexity index is 536. The molecule has 3 amide bonds. The third-order valence-corrected chi connectivity index (χ3v) is 4.05. The molecular weight excluding hydrogens is 272 g/mol. The molecule has 1 N–H and O–H groups in total. The van der Waals surface area contributed by atoms with Crippen LogP contribution in [0.2, 0.25) is 0 Å². The fraction of sp³-hybridized carbons (Fsp3) is 0.533. The Morgan fingerprint density at radius 1 is 1.33 bits per heavy atom. The van der Waals surface area contributed by atoms with Crippen LogP contribution in [0.3, 0.4) is 0 Å². The number of amides is 3. The van der Waals surface area contributed by atoms with Crippen molar-refractivity contribution in [2.75, 3.05) is 13.1 Å². The average molecular weight is 290 g/mol. The fourth-order valence-corrected chi connectivity index (χ4v) is 2.75. The minimum atomic E-state index is -0.105. The predicted octanol–water partition coefficient (Wildman–Crippen LogP) is 1.04. The van der Waals surface area contributed by atoms with Crippen molar-refractivity contribution in [1.29, 1.82) is 0 Å². The van der Waals surface area contributed by atoms with Crippen molar-refractivity contribution in [3.05, 3.63) is 24.2 Å². The molecule has 2 atom stereocenters. The van der Waals surface area contributed by atoms with Gasteiger partial charge >= 0.3 is 0 Å². The molecule has 112 valence electrons. The number of carbonyl (C=O) groups excluding carboxylic acids is 3. The van der Waals surface area contributed by atoms with Crippen molar-refractivity contribution in [3.8, 4) is 0 Å². The topological polar surface area (TPSA) is 79.6 Å². The summed E-state index contributed by atoms with van der Waals surface area (Å²) in [7, 11) is 0. The lowest BCUT2D eigenvalue weighted by Crippen LogP contribution is -2.33. The highest BCUT2D eigenvalue weighted by atomic mass is 16.3. The van der Waals surface area contributed by atoms with E-state index in [-0.39, 0.29) is 29.6 Å². The van der Waals surface area contributed by atoms with Gasteiger partial charge in [-0.25, -0.2) is 0 Å². The molecule has 1 aliphatic heterocycles. The lowest BCUT2D eigenvalue weighted by atomic mass is 10.2. The van der Waals surface area contributed by atoms with E-state index in [1.54, 1.807) is 6.26 Å². The van der Waals surface area contributed by atoms with Crippen LogP contribution in [0.5, 0.6) is 0 Å². The SMILES string of the molecule is O=C(NCCCN1C(=O)CCC1=O)C1CC1c1ccco1. The number of nitrogens with zero attached hydrogens (tertiary/aromatic N) is 1. The van der Waals surface area contributed by atoms with E-state index in [1.807, 2.05) is 12.1 Å². The number of hydrogen-bond donors (Lipinski definition) is 1. The van der Waals surface area contributed by atoms with Gasteiger partial charge in [0.15, 0.2) is 0 Å². The molecule has 1 aromatic rings. The van der Waals surface area contributed by atoms with Gasteiger partial charge in [-0.15, -0.1) is 0 Å². The highest BCUT2D eigenvalue weighted by molar-refractivity contribution is 6.01. The molecule has 1 saturated heterocycles. The second-order valence-corrected chi connectivity index (χ2v) is 5.55. The summed E-state index contributed by atoms with van der Waals surface area (Å²) in [5.41, 5.74) is 0. The molecule has 2 heterocycles. The number of imide groups is 1. The number of hydrogen-bond acceptors (Lipinski definition) is 4. The van der Waals surface area contributed by atoms with Gasteiger partial charge in [0, 0.05) is 37.8 Å². The fourth-order valence-electron chi connectivity index (χ4n) is 2.75. The van der Waals surface area contributed by atoms with Gasteiger partial charge in [0.05, 0.1) is 6.26 Å². The highest BCUT2D eigenvalue weighted by Gasteiger charge is 2.45. The summed E-state index contributed by atoms with van der Waals surface area (Å²) in [4.78, 5) is 36.0. The van der Waals surface area contributed by atoms with Gasteiger partial charge in [-0.2, -0.15) is 0 Å². The molecule has 0 aromatic carbocycles. The minimum absolute atomic E-state index is 0.00815. The average Bonchev–Trinajstić information content (AvgIpc) is 2.96. The third kappa shape index (κ3) is 2.99. The molecule has 2 unspecified atom stereocenters. The first-order chi connectivity index (χ1) is 10.2. The third-order valence-electron chi connectivity index (χ3n) is 4.05. The second kappa shape index (κ2) is 5.71. The summed E-state index contributed by atoms with van der Waals surface area (Å²) in [6.45, 7) is 0.876. The first-order valence-electron chi connectivity index (χ1n) is 7.31. The Morgan fingerprint density at radius 3 is 2.76 bits per heavy atom. The number of furan rings is 1. The highest BCUT2D eigenvalue weighted by Crippen LogP contribution is 2.47. The van der Waals surface area contributed by atoms with E-state index in [9.17, 15) is 14.4 Å². The van der Waals surface area contributed by atoms with E-state index in [4.69, 9.17) is 4.42 Å². The van der Waals surface area contributed by atoms with Gasteiger partial charge in [0.2, 0.25) is 17.7 Å². The Kier molecular flexibility index (Phi) is 3.77. The van der Waals surface area contributed by atoms with Crippen LogP contribution in [0.25, 0.3) is 0 Å². The minimum Gasteiger partial charge on any atom is -0.469 e. The van der Waals surface area contributed by atoms with Crippen LogP contribution >= 0.6 is 0 Å². The van der Waals surface area contributed by atoms with E-state index >= 15 is 0 Å². The molecule has 6 heteroatoms. The van der Waals surface area contributed by atoms with E-state index in [1.165, 1.54) is 4.90 Å². The van der Waals surface area contributed by atoms with Gasteiger partial charge < -0.3 is 9.73 Å². The van der Waals surface area contributed by atoms with Crippen molar-refractivity contribution in [2.24, 2.45) is 5.92 Å². The zero-order valence-corrected chi connectivity index (χ0v) is 11.7. The molecule has 2 fully saturated rings. The van der Waals surface area contributed by atoms with Crippen molar-refractivity contribution in [3.63, 3.8) is 0 Å². The first-order valence-corrected chi connectivity index (χ1v) is 7.31. The zero-order valence-electron chi connectivity index (χ0n) is 11.7. The molecule has 2 aliphatic rings. The van der Waals surface area contributed by atoms with Crippen LogP contribution < -0.4 is 5.32 Å². The smallest absolute Gasteiger partial charge is 0.229 e. The first kappa shape index (κ1) is 13.9. The molecular formula is C15H18N2O4. The summed E-state index contributed by atoms with van der Waals surface area (Å²) in [5, 5.41) is 2.86. The monoisotopic (exact) mass is 290 g/mol. The van der Waals surface area contributed by atoms with Crippen LogP contribution in [0.15, 0.2) is 22.8 Å². The van der Waals surface area contributed by atoms with Crippen LogP contribution in [-0.4, -0.2) is 35.7 Å². The second-order valence-electron chi connectivity index (χ2n) is 5.55. The lowest BCUT2D eigenvalue weighted by Gasteiger charge is -2.13. The Labute approximate surface area is 122 Å². The van der Waals surface area contributed by atoms with Crippen LogP contribution in [0.4, 0.5) is 0 Å². The number of likely N-dealkylation sites (tertiary alicyclic amines) is 1. The van der Waals surface area contributed by atoms with Crippen LogP contribution in [0.1, 0.15) is 37.4 Å². The summed E-state index contributed by atoms with van der Waals surface area (Å²) in [5.74, 6) is 0.865. The van der Waals surface area contributed by atoms with E-state index < -0.39 is 0 Å². The van der Waals surface area contributed by atoms with Crippen molar-refractivity contribution in [2.45, 2.75) is 31.6 Å². The molecule has 1 aromatic heterocycles. The number of rotatable bonds is 6. The number of carbonyl (C=O) groups is 3. The Balaban J connectivity index is 1.36. The predicted molar refractivity (Wildman–Crippen MR) is 73.1 cm³/mol. The van der Waals surface area contributed by atoms with Crippen molar-refractivity contribution >= 4 is 17.7 Å². The van der Waals surface area contributed by atoms with Gasteiger partial charge in [-0.05, 0) is 25.0 Å². The maximum absolute atomic E-state index is 11.9. The summed E-state index contributed by atoms with van der Waals surface area (Å²) in [6, 6.07) is 3.72. The molecule has 1 saturated carbocycles. The van der Waals surface area contributed by atoms with Crippen molar-refractivity contribution in [1.82, 2.24) is 10.2 Å². The maximum Gasteiger partial charge on any atom is 0.229 e. The molecule has 0 spiro atoms. The zero-order chi connectivity index (χ0) is 14.8. The van der Waals surface area contributed by atoms with E-state index in [2.05, 4.69) is 5.32 Å². The van der Waals surface area contributed by atoms with Crippen molar-refractivity contribution < 1.29 is 18.8 Å². The molecule has 6 nitrogen and oxygen atoms in total. The van der Waals surface area contributed by atoms with Gasteiger partial charge in [0.1, 0.15) is 5.76 Å². The van der Waals surface area contributed by atoms with Gasteiger partial charge in [-0.3, -0.25) is 19.3 Å². The Hall–Kier alpha value is -2.11. The maximum atomic E-state index is 11.9. The lowest BCUT2D eigenvalue weighted by molar-refractivity contribution is -0.138. The molecule has 1 aliphatic carbocycles. The van der Waals surface area contributed by atoms with Crippen LogP contribution in [-0.2, 0) is 14.4 Å². The van der Waals surface area contributed by atoms with E-state index in [0.717, 1.165) is 12.2 Å². The molecule has 21 heavy (non-hydrogen) atoms. The number of nitrogens with one attached hydrogen (secondary N) is 1. The molecule has 3 rings (SSSR count).